The Morgan fingerprint density at radius 3 is 2.37 bits per heavy atom. The van der Waals surface area contributed by atoms with Crippen molar-refractivity contribution >= 4 is 17.3 Å². The molecule has 1 rings (SSSR count). The number of nitrogens with zero attached hydrogens (tertiary/aromatic N) is 2. The molecule has 0 bridgehead atoms. The van der Waals surface area contributed by atoms with Gasteiger partial charge in [-0.15, -0.1) is 0 Å². The fourth-order valence-corrected chi connectivity index (χ4v) is 1.64. The van der Waals surface area contributed by atoms with Gasteiger partial charge in [0, 0.05) is 44.3 Å². The van der Waals surface area contributed by atoms with Crippen LogP contribution in [0.1, 0.15) is 25.8 Å². The van der Waals surface area contributed by atoms with Gasteiger partial charge in [-0.05, 0) is 24.6 Å². The second-order valence-corrected chi connectivity index (χ2v) is 4.47. The summed E-state index contributed by atoms with van der Waals surface area (Å²) in [7, 11) is 1.69. The molecular weight excluding hydrogens is 246 g/mol. The van der Waals surface area contributed by atoms with Crippen molar-refractivity contribution in [3.05, 3.63) is 39.9 Å². The number of nitrogens with one attached hydrogen (secondary N) is 1. The molecule has 102 valence electrons. The van der Waals surface area contributed by atoms with Gasteiger partial charge in [-0.1, -0.05) is 0 Å². The SMILES string of the molecule is CC(=O)N(C)C(C)CC(=N)c1ccc([N+](=O)[O-])cc1. The molecule has 1 aromatic carbocycles. The van der Waals surface area contributed by atoms with E-state index in [9.17, 15) is 14.9 Å². The normalized spacial score (nSPS) is 11.7. The van der Waals surface area contributed by atoms with Crippen molar-refractivity contribution in [1.29, 1.82) is 5.41 Å². The first-order chi connectivity index (χ1) is 8.82. The minimum Gasteiger partial charge on any atom is -0.343 e. The zero-order chi connectivity index (χ0) is 14.6. The maximum absolute atomic E-state index is 11.2. The molecule has 6 heteroatoms. The second-order valence-electron chi connectivity index (χ2n) is 4.47. The molecule has 0 heterocycles. The Balaban J connectivity index is 2.73. The van der Waals surface area contributed by atoms with Gasteiger partial charge in [-0.3, -0.25) is 14.9 Å². The number of hydrogen-bond acceptors (Lipinski definition) is 4. The van der Waals surface area contributed by atoms with E-state index >= 15 is 0 Å². The molecule has 1 unspecified atom stereocenters. The number of benzene rings is 1. The Kier molecular flexibility index (Phi) is 4.74. The molecule has 0 saturated heterocycles. The largest absolute Gasteiger partial charge is 0.343 e. The molecule has 0 radical (unpaired) electrons. The Hall–Kier alpha value is -2.24. The standard InChI is InChI=1S/C13H17N3O3/c1-9(15(3)10(2)17)8-13(14)11-4-6-12(7-5-11)16(18)19/h4-7,9,14H,8H2,1-3H3. The van der Waals surface area contributed by atoms with Crippen LogP contribution < -0.4 is 0 Å². The van der Waals surface area contributed by atoms with E-state index in [1.807, 2.05) is 6.92 Å². The van der Waals surface area contributed by atoms with Crippen LogP contribution in [0.25, 0.3) is 0 Å². The number of hydrogen-bond donors (Lipinski definition) is 1. The molecule has 0 aliphatic rings. The Morgan fingerprint density at radius 2 is 1.95 bits per heavy atom. The molecule has 0 saturated carbocycles. The van der Waals surface area contributed by atoms with Crippen molar-refractivity contribution in [3.8, 4) is 0 Å². The van der Waals surface area contributed by atoms with Crippen LogP contribution >= 0.6 is 0 Å². The van der Waals surface area contributed by atoms with Crippen molar-refractivity contribution in [1.82, 2.24) is 4.90 Å². The summed E-state index contributed by atoms with van der Waals surface area (Å²) in [5.41, 5.74) is 0.996. The maximum atomic E-state index is 11.2. The van der Waals surface area contributed by atoms with E-state index in [0.29, 0.717) is 17.7 Å². The van der Waals surface area contributed by atoms with Crippen LogP contribution in [0.4, 0.5) is 5.69 Å². The molecule has 19 heavy (non-hydrogen) atoms. The number of nitro groups is 1. The minimum absolute atomic E-state index is 0.00505. The number of carbonyl (C=O) groups is 1. The molecule has 0 aliphatic carbocycles. The van der Waals surface area contributed by atoms with Crippen LogP contribution in [-0.2, 0) is 4.79 Å². The number of non-ortho nitro benzene ring substituents is 1. The molecule has 1 aromatic rings. The van der Waals surface area contributed by atoms with E-state index in [0.717, 1.165) is 0 Å². The number of amides is 1. The van der Waals surface area contributed by atoms with Crippen molar-refractivity contribution in [3.63, 3.8) is 0 Å². The summed E-state index contributed by atoms with van der Waals surface area (Å²) < 4.78 is 0. The average molecular weight is 263 g/mol. The lowest BCUT2D eigenvalue weighted by Gasteiger charge is -2.23. The van der Waals surface area contributed by atoms with Gasteiger partial charge in [0.1, 0.15) is 0 Å². The van der Waals surface area contributed by atoms with Gasteiger partial charge in [0.2, 0.25) is 5.91 Å². The van der Waals surface area contributed by atoms with Crippen molar-refractivity contribution in [2.75, 3.05) is 7.05 Å². The zero-order valence-corrected chi connectivity index (χ0v) is 11.2. The van der Waals surface area contributed by atoms with Gasteiger partial charge >= 0.3 is 0 Å². The summed E-state index contributed by atoms with van der Waals surface area (Å²) in [5.74, 6) is -0.0519. The molecular formula is C13H17N3O3. The molecule has 0 aromatic heterocycles. The van der Waals surface area contributed by atoms with Crippen LogP contribution in [0, 0.1) is 15.5 Å². The molecule has 6 nitrogen and oxygen atoms in total. The highest BCUT2D eigenvalue weighted by molar-refractivity contribution is 5.98. The summed E-state index contributed by atoms with van der Waals surface area (Å²) in [6.07, 6.45) is 0.411. The first-order valence-electron chi connectivity index (χ1n) is 5.88. The summed E-state index contributed by atoms with van der Waals surface area (Å²) in [6.45, 7) is 3.34. The third kappa shape index (κ3) is 3.87. The summed E-state index contributed by atoms with van der Waals surface area (Å²) in [5, 5.41) is 18.5. The molecule has 1 N–H and O–H groups in total. The average Bonchev–Trinajstić information content (AvgIpc) is 2.37. The third-order valence-corrected chi connectivity index (χ3v) is 3.08. The Morgan fingerprint density at radius 1 is 1.42 bits per heavy atom. The van der Waals surface area contributed by atoms with E-state index in [1.165, 1.54) is 19.1 Å². The smallest absolute Gasteiger partial charge is 0.269 e. The highest BCUT2D eigenvalue weighted by Gasteiger charge is 2.15. The van der Waals surface area contributed by atoms with E-state index in [-0.39, 0.29) is 17.6 Å². The van der Waals surface area contributed by atoms with Gasteiger partial charge < -0.3 is 10.3 Å². The summed E-state index contributed by atoms with van der Waals surface area (Å²) in [6, 6.07) is 5.79. The number of nitro benzene ring substituents is 1. The maximum Gasteiger partial charge on any atom is 0.269 e. The highest BCUT2D eigenvalue weighted by atomic mass is 16.6. The van der Waals surface area contributed by atoms with Crippen molar-refractivity contribution < 1.29 is 9.72 Å². The molecule has 0 spiro atoms. The lowest BCUT2D eigenvalue weighted by Crippen LogP contribution is -2.34. The highest BCUT2D eigenvalue weighted by Crippen LogP contribution is 2.14. The van der Waals surface area contributed by atoms with Gasteiger partial charge in [0.15, 0.2) is 0 Å². The van der Waals surface area contributed by atoms with E-state index in [4.69, 9.17) is 5.41 Å². The van der Waals surface area contributed by atoms with Crippen LogP contribution in [0.2, 0.25) is 0 Å². The lowest BCUT2D eigenvalue weighted by molar-refractivity contribution is -0.384. The number of rotatable bonds is 5. The Bertz CT molecular complexity index is 496. The topological polar surface area (TPSA) is 87.3 Å². The second kappa shape index (κ2) is 6.08. The first-order valence-corrected chi connectivity index (χ1v) is 5.88. The third-order valence-electron chi connectivity index (χ3n) is 3.08. The molecule has 0 fully saturated rings. The van der Waals surface area contributed by atoms with Gasteiger partial charge in [-0.25, -0.2) is 0 Å². The summed E-state index contributed by atoms with van der Waals surface area (Å²) in [4.78, 5) is 22.8. The van der Waals surface area contributed by atoms with Crippen LogP contribution in [0.3, 0.4) is 0 Å². The van der Waals surface area contributed by atoms with E-state index in [1.54, 1.807) is 24.1 Å². The van der Waals surface area contributed by atoms with Gasteiger partial charge in [-0.2, -0.15) is 0 Å². The van der Waals surface area contributed by atoms with E-state index in [2.05, 4.69) is 0 Å². The van der Waals surface area contributed by atoms with Crippen LogP contribution in [0.5, 0.6) is 0 Å². The molecule has 1 amide bonds. The summed E-state index contributed by atoms with van der Waals surface area (Å²) >= 11 is 0. The van der Waals surface area contributed by atoms with Crippen LogP contribution in [-0.4, -0.2) is 34.5 Å². The fraction of sp³-hybridized carbons (Fsp3) is 0.385. The molecule has 0 aliphatic heterocycles. The minimum atomic E-state index is -0.473. The Labute approximate surface area is 111 Å². The van der Waals surface area contributed by atoms with Crippen molar-refractivity contribution in [2.45, 2.75) is 26.3 Å². The fourth-order valence-electron chi connectivity index (χ4n) is 1.64. The first kappa shape index (κ1) is 14.8. The predicted molar refractivity (Wildman–Crippen MR) is 72.4 cm³/mol. The zero-order valence-electron chi connectivity index (χ0n) is 11.2. The van der Waals surface area contributed by atoms with Gasteiger partial charge in [0.05, 0.1) is 4.92 Å². The predicted octanol–water partition coefficient (Wildman–Crippen LogP) is 2.22. The lowest BCUT2D eigenvalue weighted by atomic mass is 10.0. The van der Waals surface area contributed by atoms with Crippen molar-refractivity contribution in [2.24, 2.45) is 0 Å². The molecule has 1 atom stereocenters. The van der Waals surface area contributed by atoms with Crippen LogP contribution in [0.15, 0.2) is 24.3 Å². The monoisotopic (exact) mass is 263 g/mol. The van der Waals surface area contributed by atoms with Gasteiger partial charge in [0.25, 0.3) is 5.69 Å². The van der Waals surface area contributed by atoms with E-state index < -0.39 is 4.92 Å². The number of carbonyl (C=O) groups excluding carboxylic acids is 1. The quantitative estimate of drug-likeness (QED) is 0.502.